The highest BCUT2D eigenvalue weighted by atomic mass is 35.5. The first-order valence-electron chi connectivity index (χ1n) is 5.94. The third kappa shape index (κ3) is 3.64. The molecule has 19 heavy (non-hydrogen) atoms. The molecule has 1 fully saturated rings. The molecule has 1 aromatic carbocycles. The van der Waals surface area contributed by atoms with Gasteiger partial charge in [0, 0.05) is 28.6 Å². The first kappa shape index (κ1) is 14.2. The highest BCUT2D eigenvalue weighted by Crippen LogP contribution is 2.22. The van der Waals surface area contributed by atoms with Crippen molar-refractivity contribution in [3.8, 4) is 0 Å². The Bertz CT molecular complexity index is 477. The lowest BCUT2D eigenvalue weighted by atomic mass is 10.1. The van der Waals surface area contributed by atoms with Crippen molar-refractivity contribution in [2.24, 2.45) is 0 Å². The number of carbonyl (C=O) groups excluding carboxylic acids is 1. The Morgan fingerprint density at radius 1 is 1.37 bits per heavy atom. The normalized spacial score (nSPS) is 19.2. The van der Waals surface area contributed by atoms with Crippen LogP contribution in [0.5, 0.6) is 0 Å². The van der Waals surface area contributed by atoms with Gasteiger partial charge in [0.2, 0.25) is 0 Å². The molecule has 1 N–H and O–H groups in total. The van der Waals surface area contributed by atoms with E-state index in [9.17, 15) is 9.59 Å². The smallest absolute Gasteiger partial charge is 0.305 e. The van der Waals surface area contributed by atoms with Crippen molar-refractivity contribution in [2.75, 3.05) is 18.1 Å². The molecule has 0 spiro atoms. The first-order chi connectivity index (χ1) is 9.08. The zero-order chi connectivity index (χ0) is 13.8. The van der Waals surface area contributed by atoms with Gasteiger partial charge in [-0.3, -0.25) is 9.59 Å². The molecule has 1 heterocycles. The summed E-state index contributed by atoms with van der Waals surface area (Å²) in [5.74, 6) is 0.519. The van der Waals surface area contributed by atoms with Crippen LogP contribution >= 0.6 is 23.4 Å². The first-order valence-corrected chi connectivity index (χ1v) is 7.47. The van der Waals surface area contributed by atoms with Crippen molar-refractivity contribution in [1.82, 2.24) is 4.90 Å². The second kappa shape index (κ2) is 6.30. The van der Waals surface area contributed by atoms with Crippen LogP contribution in [0.15, 0.2) is 24.3 Å². The number of thioether (sulfide) groups is 1. The van der Waals surface area contributed by atoms with Gasteiger partial charge in [0.15, 0.2) is 0 Å². The number of hydrogen-bond acceptors (Lipinski definition) is 3. The monoisotopic (exact) mass is 299 g/mol. The second-order valence-electron chi connectivity index (χ2n) is 4.33. The predicted molar refractivity (Wildman–Crippen MR) is 75.9 cm³/mol. The summed E-state index contributed by atoms with van der Waals surface area (Å²) in [6.07, 6.45) is -0.00761. The minimum absolute atomic E-state index is 0.00761. The lowest BCUT2D eigenvalue weighted by molar-refractivity contribution is -0.138. The fourth-order valence-electron chi connectivity index (χ4n) is 2.05. The number of carboxylic acids is 1. The summed E-state index contributed by atoms with van der Waals surface area (Å²) in [7, 11) is 0. The van der Waals surface area contributed by atoms with Crippen LogP contribution in [0.4, 0.5) is 0 Å². The van der Waals surface area contributed by atoms with E-state index in [-0.39, 0.29) is 18.4 Å². The van der Waals surface area contributed by atoms with Gasteiger partial charge in [-0.25, -0.2) is 0 Å². The summed E-state index contributed by atoms with van der Waals surface area (Å²) in [4.78, 5) is 24.9. The third-order valence-electron chi connectivity index (χ3n) is 2.99. The Balaban J connectivity index is 2.15. The average Bonchev–Trinajstić information content (AvgIpc) is 2.39. The highest BCUT2D eigenvalue weighted by Gasteiger charge is 2.29. The Kier molecular flexibility index (Phi) is 4.71. The number of carbonyl (C=O) groups is 2. The molecular weight excluding hydrogens is 286 g/mol. The van der Waals surface area contributed by atoms with E-state index in [0.29, 0.717) is 22.9 Å². The largest absolute Gasteiger partial charge is 0.481 e. The molecule has 4 nitrogen and oxygen atoms in total. The van der Waals surface area contributed by atoms with Crippen LogP contribution in [0.1, 0.15) is 16.8 Å². The van der Waals surface area contributed by atoms with Crippen LogP contribution in [-0.4, -0.2) is 46.0 Å². The molecule has 1 aromatic rings. The maximum atomic E-state index is 12.4. The van der Waals surface area contributed by atoms with Crippen molar-refractivity contribution < 1.29 is 14.7 Å². The SMILES string of the molecule is O=C(O)CC1CSCCN1C(=O)c1ccc(Cl)cc1. The lowest BCUT2D eigenvalue weighted by Gasteiger charge is -2.34. The van der Waals surface area contributed by atoms with E-state index in [2.05, 4.69) is 0 Å². The number of halogens is 1. The Morgan fingerprint density at radius 3 is 2.68 bits per heavy atom. The van der Waals surface area contributed by atoms with Crippen LogP contribution in [0.3, 0.4) is 0 Å². The summed E-state index contributed by atoms with van der Waals surface area (Å²) in [6.45, 7) is 0.587. The van der Waals surface area contributed by atoms with Crippen LogP contribution in [-0.2, 0) is 4.79 Å². The van der Waals surface area contributed by atoms with Gasteiger partial charge in [-0.05, 0) is 24.3 Å². The average molecular weight is 300 g/mol. The van der Waals surface area contributed by atoms with Crippen molar-refractivity contribution in [2.45, 2.75) is 12.5 Å². The highest BCUT2D eigenvalue weighted by molar-refractivity contribution is 7.99. The quantitative estimate of drug-likeness (QED) is 0.931. The van der Waals surface area contributed by atoms with E-state index in [1.807, 2.05) is 0 Å². The second-order valence-corrected chi connectivity index (χ2v) is 5.92. The predicted octanol–water partition coefficient (Wildman–Crippen LogP) is 2.37. The third-order valence-corrected chi connectivity index (χ3v) is 4.33. The van der Waals surface area contributed by atoms with Gasteiger partial charge < -0.3 is 10.0 Å². The van der Waals surface area contributed by atoms with Gasteiger partial charge in [0.25, 0.3) is 5.91 Å². The molecule has 1 unspecified atom stereocenters. The van der Waals surface area contributed by atoms with Gasteiger partial charge in [0.1, 0.15) is 0 Å². The fourth-order valence-corrected chi connectivity index (χ4v) is 3.24. The molecule has 1 amide bonds. The van der Waals surface area contributed by atoms with Crippen LogP contribution in [0, 0.1) is 0 Å². The summed E-state index contributed by atoms with van der Waals surface area (Å²) in [5.41, 5.74) is 0.548. The molecule has 0 radical (unpaired) electrons. The maximum absolute atomic E-state index is 12.4. The number of carboxylic acid groups (broad SMARTS) is 1. The van der Waals surface area contributed by atoms with Gasteiger partial charge in [-0.15, -0.1) is 0 Å². The van der Waals surface area contributed by atoms with Crippen molar-refractivity contribution in [1.29, 1.82) is 0 Å². The Labute approximate surface area is 120 Å². The molecule has 0 saturated carbocycles. The minimum Gasteiger partial charge on any atom is -0.481 e. The van der Waals surface area contributed by atoms with Gasteiger partial charge >= 0.3 is 5.97 Å². The maximum Gasteiger partial charge on any atom is 0.305 e. The number of benzene rings is 1. The zero-order valence-electron chi connectivity index (χ0n) is 10.2. The molecule has 0 bridgehead atoms. The van der Waals surface area contributed by atoms with Crippen molar-refractivity contribution in [3.63, 3.8) is 0 Å². The van der Waals surface area contributed by atoms with Crippen molar-refractivity contribution in [3.05, 3.63) is 34.9 Å². The lowest BCUT2D eigenvalue weighted by Crippen LogP contribution is -2.47. The molecule has 102 valence electrons. The Morgan fingerprint density at radius 2 is 2.05 bits per heavy atom. The molecular formula is C13H14ClNO3S. The van der Waals surface area contributed by atoms with Gasteiger partial charge in [-0.1, -0.05) is 11.6 Å². The molecule has 0 aromatic heterocycles. The van der Waals surface area contributed by atoms with Gasteiger partial charge in [0.05, 0.1) is 12.5 Å². The van der Waals surface area contributed by atoms with Crippen LogP contribution in [0.2, 0.25) is 5.02 Å². The topological polar surface area (TPSA) is 57.6 Å². The van der Waals surface area contributed by atoms with Crippen LogP contribution in [0.25, 0.3) is 0 Å². The summed E-state index contributed by atoms with van der Waals surface area (Å²) in [6, 6.07) is 6.44. The van der Waals surface area contributed by atoms with E-state index < -0.39 is 5.97 Å². The minimum atomic E-state index is -0.874. The summed E-state index contributed by atoms with van der Waals surface area (Å²) >= 11 is 7.48. The standard InChI is InChI=1S/C13H14ClNO3S/c14-10-3-1-9(2-4-10)13(18)15-5-6-19-8-11(15)7-12(16)17/h1-4,11H,5-8H2,(H,16,17). The summed E-state index contributed by atoms with van der Waals surface area (Å²) in [5, 5.41) is 9.48. The van der Waals surface area contributed by atoms with E-state index in [1.165, 1.54) is 0 Å². The molecule has 1 saturated heterocycles. The number of rotatable bonds is 3. The summed E-state index contributed by atoms with van der Waals surface area (Å²) < 4.78 is 0. The fraction of sp³-hybridized carbons (Fsp3) is 0.385. The van der Waals surface area contributed by atoms with E-state index >= 15 is 0 Å². The van der Waals surface area contributed by atoms with E-state index in [0.717, 1.165) is 5.75 Å². The van der Waals surface area contributed by atoms with Crippen molar-refractivity contribution >= 4 is 35.2 Å². The number of amides is 1. The molecule has 2 rings (SSSR count). The van der Waals surface area contributed by atoms with Gasteiger partial charge in [-0.2, -0.15) is 11.8 Å². The molecule has 1 atom stereocenters. The molecule has 1 aliphatic heterocycles. The van der Waals surface area contributed by atoms with E-state index in [1.54, 1.807) is 40.9 Å². The number of aliphatic carboxylic acids is 1. The van der Waals surface area contributed by atoms with Crippen LogP contribution < -0.4 is 0 Å². The Hall–Kier alpha value is -1.20. The molecule has 0 aliphatic carbocycles. The number of nitrogens with zero attached hydrogens (tertiary/aromatic N) is 1. The molecule has 1 aliphatic rings. The number of hydrogen-bond donors (Lipinski definition) is 1. The molecule has 6 heteroatoms. The zero-order valence-corrected chi connectivity index (χ0v) is 11.8. The van der Waals surface area contributed by atoms with E-state index in [4.69, 9.17) is 16.7 Å².